The van der Waals surface area contributed by atoms with Crippen molar-refractivity contribution < 1.29 is 4.79 Å². The topological polar surface area (TPSA) is 99.1 Å². The lowest BCUT2D eigenvalue weighted by Gasteiger charge is -2.10. The molecule has 0 saturated heterocycles. The van der Waals surface area contributed by atoms with E-state index in [2.05, 4.69) is 20.6 Å². The van der Waals surface area contributed by atoms with Crippen molar-refractivity contribution in [2.24, 2.45) is 0 Å². The number of rotatable bonds is 7. The first-order valence-corrected chi connectivity index (χ1v) is 12.4. The van der Waals surface area contributed by atoms with Crippen LogP contribution in [0.3, 0.4) is 0 Å². The first kappa shape index (κ1) is 22.9. The van der Waals surface area contributed by atoms with Crippen LogP contribution in [0, 0.1) is 13.8 Å². The Bertz CT molecular complexity index is 1600. The second-order valence-electron chi connectivity index (χ2n) is 8.22. The number of nitrogens with zero attached hydrogens (tertiary/aromatic N) is 6. The van der Waals surface area contributed by atoms with Crippen LogP contribution in [0.2, 0.25) is 0 Å². The summed E-state index contributed by atoms with van der Waals surface area (Å²) >= 11 is 1.28. The number of para-hydroxylation sites is 2. The molecule has 0 unspecified atom stereocenters. The number of thioether (sulfide) groups is 1. The van der Waals surface area contributed by atoms with Crippen LogP contribution in [0.5, 0.6) is 0 Å². The lowest BCUT2D eigenvalue weighted by molar-refractivity contribution is -0.113. The number of carbonyl (C=O) groups is 1. The van der Waals surface area contributed by atoms with E-state index in [1.165, 1.54) is 11.8 Å². The van der Waals surface area contributed by atoms with E-state index in [0.29, 0.717) is 28.6 Å². The van der Waals surface area contributed by atoms with Gasteiger partial charge in [-0.1, -0.05) is 49.0 Å². The Balaban J connectivity index is 1.41. The molecular weight excluding hydrogens is 462 g/mol. The van der Waals surface area contributed by atoms with Crippen LogP contribution in [0.25, 0.3) is 22.4 Å². The van der Waals surface area contributed by atoms with Gasteiger partial charge in [0.2, 0.25) is 11.7 Å². The third-order valence-electron chi connectivity index (χ3n) is 5.81. The molecule has 2 aromatic carbocycles. The molecule has 0 radical (unpaired) electrons. The third-order valence-corrected chi connectivity index (χ3v) is 6.74. The van der Waals surface area contributed by atoms with Crippen LogP contribution in [0.15, 0.2) is 64.5 Å². The number of hydrogen-bond acceptors (Lipinski definition) is 6. The van der Waals surface area contributed by atoms with Gasteiger partial charge in [-0.15, -0.1) is 10.2 Å². The van der Waals surface area contributed by atoms with Crippen LogP contribution >= 0.6 is 11.8 Å². The maximum atomic E-state index is 13.0. The fraction of sp³-hybridized carbons (Fsp3) is 0.240. The van der Waals surface area contributed by atoms with Crippen molar-refractivity contribution in [2.75, 3.05) is 11.1 Å². The number of aromatic nitrogens is 6. The van der Waals surface area contributed by atoms with Crippen molar-refractivity contribution >= 4 is 40.0 Å². The molecule has 35 heavy (non-hydrogen) atoms. The summed E-state index contributed by atoms with van der Waals surface area (Å²) in [6.45, 7) is 6.36. The molecule has 0 saturated carbocycles. The molecule has 0 bridgehead atoms. The molecule has 9 nitrogen and oxygen atoms in total. The summed E-state index contributed by atoms with van der Waals surface area (Å²) < 4.78 is 5.32. The molecule has 0 aliphatic rings. The minimum atomic E-state index is -0.170. The van der Waals surface area contributed by atoms with Gasteiger partial charge >= 0.3 is 0 Å². The molecule has 0 aliphatic heterocycles. The van der Waals surface area contributed by atoms with Crippen molar-refractivity contribution in [3.63, 3.8) is 0 Å². The van der Waals surface area contributed by atoms with E-state index < -0.39 is 0 Å². The van der Waals surface area contributed by atoms with Gasteiger partial charge in [-0.25, -0.2) is 4.68 Å². The standard InChI is InChI=1S/C25H25N7O2S/c1-4-14-30-23(34)19-12-8-9-13-20(19)31-24(30)27-28-25(31)35-15-21(33)26-22-16(2)29-32(17(22)3)18-10-6-5-7-11-18/h5-13H,4,14-15H2,1-3H3,(H,26,33). The summed E-state index contributed by atoms with van der Waals surface area (Å²) in [6, 6.07) is 17.2. The molecule has 3 heterocycles. The van der Waals surface area contributed by atoms with E-state index in [9.17, 15) is 9.59 Å². The second kappa shape index (κ2) is 9.38. The van der Waals surface area contributed by atoms with Crippen LogP contribution < -0.4 is 10.9 Å². The highest BCUT2D eigenvalue weighted by Crippen LogP contribution is 2.25. The Labute approximate surface area is 205 Å². The molecule has 0 aliphatic carbocycles. The molecule has 0 spiro atoms. The summed E-state index contributed by atoms with van der Waals surface area (Å²) in [5.74, 6) is 0.447. The van der Waals surface area contributed by atoms with Gasteiger partial charge in [0.25, 0.3) is 5.56 Å². The smallest absolute Gasteiger partial charge is 0.262 e. The Kier molecular flexibility index (Phi) is 6.12. The van der Waals surface area contributed by atoms with E-state index in [1.807, 2.05) is 78.4 Å². The zero-order valence-electron chi connectivity index (χ0n) is 19.7. The summed E-state index contributed by atoms with van der Waals surface area (Å²) in [7, 11) is 0. The number of fused-ring (bicyclic) bond motifs is 3. The number of carbonyl (C=O) groups excluding carboxylic acids is 1. The van der Waals surface area contributed by atoms with E-state index in [1.54, 1.807) is 10.6 Å². The van der Waals surface area contributed by atoms with Crippen molar-refractivity contribution in [1.82, 2.24) is 28.9 Å². The van der Waals surface area contributed by atoms with E-state index >= 15 is 0 Å². The Morgan fingerprint density at radius 2 is 1.77 bits per heavy atom. The van der Waals surface area contributed by atoms with Gasteiger partial charge in [0, 0.05) is 6.54 Å². The zero-order valence-corrected chi connectivity index (χ0v) is 20.5. The van der Waals surface area contributed by atoms with Crippen molar-refractivity contribution in [3.8, 4) is 5.69 Å². The van der Waals surface area contributed by atoms with E-state index in [0.717, 1.165) is 29.0 Å². The van der Waals surface area contributed by atoms with E-state index in [-0.39, 0.29) is 17.2 Å². The minimum Gasteiger partial charge on any atom is -0.322 e. The monoisotopic (exact) mass is 487 g/mol. The van der Waals surface area contributed by atoms with Gasteiger partial charge in [0.05, 0.1) is 39.4 Å². The first-order valence-electron chi connectivity index (χ1n) is 11.4. The second-order valence-corrected chi connectivity index (χ2v) is 9.16. The van der Waals surface area contributed by atoms with Gasteiger partial charge in [-0.3, -0.25) is 18.6 Å². The highest BCUT2D eigenvalue weighted by molar-refractivity contribution is 7.99. The predicted molar refractivity (Wildman–Crippen MR) is 137 cm³/mol. The molecular formula is C25H25N7O2S. The average molecular weight is 488 g/mol. The lowest BCUT2D eigenvalue weighted by Crippen LogP contribution is -2.23. The number of hydrogen-bond donors (Lipinski definition) is 1. The van der Waals surface area contributed by atoms with Gasteiger partial charge in [0.1, 0.15) is 0 Å². The number of aryl methyl sites for hydroxylation is 2. The van der Waals surface area contributed by atoms with Crippen molar-refractivity contribution in [2.45, 2.75) is 38.9 Å². The zero-order chi connectivity index (χ0) is 24.5. The highest BCUT2D eigenvalue weighted by atomic mass is 32.2. The van der Waals surface area contributed by atoms with Crippen LogP contribution in [-0.2, 0) is 11.3 Å². The van der Waals surface area contributed by atoms with Crippen LogP contribution in [0.4, 0.5) is 5.69 Å². The summed E-state index contributed by atoms with van der Waals surface area (Å²) in [6.07, 6.45) is 0.793. The van der Waals surface area contributed by atoms with Gasteiger partial charge in [-0.05, 0) is 44.5 Å². The maximum Gasteiger partial charge on any atom is 0.262 e. The molecule has 5 rings (SSSR count). The normalized spacial score (nSPS) is 11.4. The molecule has 1 N–H and O–H groups in total. The van der Waals surface area contributed by atoms with Crippen LogP contribution in [-0.4, -0.2) is 40.6 Å². The number of anilines is 1. The fourth-order valence-electron chi connectivity index (χ4n) is 4.20. The number of nitrogens with one attached hydrogen (secondary N) is 1. The Hall–Kier alpha value is -3.92. The molecule has 5 aromatic rings. The summed E-state index contributed by atoms with van der Waals surface area (Å²) in [5.41, 5.74) is 3.87. The third kappa shape index (κ3) is 4.10. The summed E-state index contributed by atoms with van der Waals surface area (Å²) in [5, 5.41) is 17.3. The average Bonchev–Trinajstić information content (AvgIpc) is 3.42. The summed E-state index contributed by atoms with van der Waals surface area (Å²) in [4.78, 5) is 25.9. The minimum absolute atomic E-state index is 0.0852. The molecule has 1 amide bonds. The first-order chi connectivity index (χ1) is 17.0. The largest absolute Gasteiger partial charge is 0.322 e. The van der Waals surface area contributed by atoms with Gasteiger partial charge < -0.3 is 5.32 Å². The van der Waals surface area contributed by atoms with Crippen molar-refractivity contribution in [3.05, 3.63) is 76.3 Å². The van der Waals surface area contributed by atoms with Gasteiger partial charge in [-0.2, -0.15) is 5.10 Å². The fourth-order valence-corrected chi connectivity index (χ4v) is 4.94. The Morgan fingerprint density at radius 3 is 2.54 bits per heavy atom. The van der Waals surface area contributed by atoms with Crippen LogP contribution in [0.1, 0.15) is 24.7 Å². The molecule has 0 atom stereocenters. The number of benzene rings is 2. The molecule has 0 fully saturated rings. The lowest BCUT2D eigenvalue weighted by atomic mass is 10.2. The quantitative estimate of drug-likeness (QED) is 0.349. The van der Waals surface area contributed by atoms with E-state index in [4.69, 9.17) is 0 Å². The molecule has 178 valence electrons. The SMILES string of the molecule is CCCn1c(=O)c2ccccc2n2c(SCC(=O)Nc3c(C)nn(-c4ccccc4)c3C)nnc12. The number of amides is 1. The highest BCUT2D eigenvalue weighted by Gasteiger charge is 2.19. The van der Waals surface area contributed by atoms with Gasteiger partial charge in [0.15, 0.2) is 5.16 Å². The molecule has 10 heteroatoms. The predicted octanol–water partition coefficient (Wildman–Crippen LogP) is 3.99. The maximum absolute atomic E-state index is 13.0. The Morgan fingerprint density at radius 1 is 1.03 bits per heavy atom. The van der Waals surface area contributed by atoms with Crippen molar-refractivity contribution in [1.29, 1.82) is 0 Å². The molecule has 3 aromatic heterocycles.